The summed E-state index contributed by atoms with van der Waals surface area (Å²) in [6.07, 6.45) is 0. The van der Waals surface area contributed by atoms with Crippen molar-refractivity contribution in [2.75, 3.05) is 18.8 Å². The van der Waals surface area contributed by atoms with Crippen LogP contribution in [0.4, 0.5) is 0 Å². The number of aliphatic hydroxyl groups excluding tert-OH is 2. The van der Waals surface area contributed by atoms with Gasteiger partial charge in [0.05, 0.1) is 6.54 Å². The van der Waals surface area contributed by atoms with Gasteiger partial charge in [0.15, 0.2) is 0 Å². The molecule has 1 unspecified atom stereocenters. The molecular formula is C7H11NO5S. The summed E-state index contributed by atoms with van der Waals surface area (Å²) in [5.41, 5.74) is 0. The van der Waals surface area contributed by atoms with E-state index in [0.717, 1.165) is 0 Å². The molecule has 1 aliphatic rings. The van der Waals surface area contributed by atoms with Gasteiger partial charge in [-0.1, -0.05) is 0 Å². The Hall–Kier alpha value is -0.920. The molecule has 0 aromatic heterocycles. The third kappa shape index (κ3) is 1.94. The second-order valence-corrected chi connectivity index (χ2v) is 3.22. The van der Waals surface area contributed by atoms with Crippen LogP contribution in [0.1, 0.15) is 0 Å². The van der Waals surface area contributed by atoms with E-state index < -0.39 is 23.3 Å². The number of esters is 1. The van der Waals surface area contributed by atoms with E-state index in [1.165, 1.54) is 0 Å². The van der Waals surface area contributed by atoms with Crippen molar-refractivity contribution >= 4 is 18.6 Å². The molecule has 0 aromatic carbocycles. The predicted octanol–water partition coefficient (Wildman–Crippen LogP) is -0.921. The molecule has 0 aromatic rings. The van der Waals surface area contributed by atoms with Crippen LogP contribution in [-0.4, -0.2) is 45.9 Å². The Balaban J connectivity index is 2.63. The number of ether oxygens (including phenoxy) is 1. The standard InChI is InChI=1S/C7H11NO5S/c9-4-5(10)7(12,13-6(4)11)3-8-1-2-14/h8-10,12,14H,1-3H2. The molecular weight excluding hydrogens is 210 g/mol. The third-order valence-electron chi connectivity index (χ3n) is 1.70. The molecule has 14 heavy (non-hydrogen) atoms. The van der Waals surface area contributed by atoms with Gasteiger partial charge in [-0.05, 0) is 0 Å². The maximum absolute atomic E-state index is 10.7. The van der Waals surface area contributed by atoms with Crippen LogP contribution < -0.4 is 5.32 Å². The van der Waals surface area contributed by atoms with Gasteiger partial charge >= 0.3 is 5.97 Å². The Bertz CT molecular complexity index is 279. The lowest BCUT2D eigenvalue weighted by molar-refractivity contribution is -0.187. The summed E-state index contributed by atoms with van der Waals surface area (Å²) in [5.74, 6) is -4.60. The average molecular weight is 221 g/mol. The van der Waals surface area contributed by atoms with Crippen LogP contribution in [0.2, 0.25) is 0 Å². The first kappa shape index (κ1) is 11.2. The molecule has 0 saturated heterocycles. The first-order valence-electron chi connectivity index (χ1n) is 3.91. The van der Waals surface area contributed by atoms with Crippen LogP contribution in [-0.2, 0) is 9.53 Å². The minimum atomic E-state index is -2.16. The first-order chi connectivity index (χ1) is 6.51. The molecule has 80 valence electrons. The Morgan fingerprint density at radius 2 is 2.14 bits per heavy atom. The second kappa shape index (κ2) is 4.07. The Morgan fingerprint density at radius 3 is 2.57 bits per heavy atom. The van der Waals surface area contributed by atoms with Crippen molar-refractivity contribution in [2.45, 2.75) is 5.79 Å². The van der Waals surface area contributed by atoms with Gasteiger partial charge in [-0.25, -0.2) is 4.79 Å². The zero-order valence-electron chi connectivity index (χ0n) is 7.23. The van der Waals surface area contributed by atoms with Crippen LogP contribution in [0, 0.1) is 0 Å². The molecule has 1 rings (SSSR count). The predicted molar refractivity (Wildman–Crippen MR) is 50.0 cm³/mol. The van der Waals surface area contributed by atoms with E-state index in [4.69, 9.17) is 10.2 Å². The highest BCUT2D eigenvalue weighted by atomic mass is 32.1. The van der Waals surface area contributed by atoms with Crippen LogP contribution in [0.25, 0.3) is 0 Å². The van der Waals surface area contributed by atoms with Gasteiger partial charge in [0.2, 0.25) is 11.5 Å². The number of thiol groups is 1. The highest BCUT2D eigenvalue weighted by Crippen LogP contribution is 2.26. The zero-order chi connectivity index (χ0) is 10.8. The van der Waals surface area contributed by atoms with Crippen LogP contribution in [0.15, 0.2) is 11.5 Å². The van der Waals surface area contributed by atoms with Crippen molar-refractivity contribution in [3.05, 3.63) is 11.5 Å². The number of rotatable bonds is 4. The second-order valence-electron chi connectivity index (χ2n) is 2.77. The topological polar surface area (TPSA) is 99.0 Å². The zero-order valence-corrected chi connectivity index (χ0v) is 8.12. The molecule has 1 atom stereocenters. The average Bonchev–Trinajstić information content (AvgIpc) is 2.32. The van der Waals surface area contributed by atoms with E-state index in [2.05, 4.69) is 22.7 Å². The first-order valence-corrected chi connectivity index (χ1v) is 4.54. The van der Waals surface area contributed by atoms with Crippen molar-refractivity contribution in [2.24, 2.45) is 0 Å². The summed E-state index contributed by atoms with van der Waals surface area (Å²) in [6, 6.07) is 0. The number of hydrogen-bond acceptors (Lipinski definition) is 7. The summed E-state index contributed by atoms with van der Waals surface area (Å²) >= 11 is 3.91. The molecule has 7 heteroatoms. The van der Waals surface area contributed by atoms with Gasteiger partial charge < -0.3 is 25.4 Å². The fraction of sp³-hybridized carbons (Fsp3) is 0.571. The van der Waals surface area contributed by atoms with Crippen molar-refractivity contribution in [3.63, 3.8) is 0 Å². The Labute approximate surface area is 85.6 Å². The highest BCUT2D eigenvalue weighted by molar-refractivity contribution is 7.80. The monoisotopic (exact) mass is 221 g/mol. The molecule has 1 heterocycles. The van der Waals surface area contributed by atoms with Crippen molar-refractivity contribution < 1.29 is 24.9 Å². The SMILES string of the molecule is O=C1OC(O)(CNCCS)C(O)=C1O. The number of carbonyl (C=O) groups is 1. The molecule has 0 radical (unpaired) electrons. The van der Waals surface area contributed by atoms with E-state index in [9.17, 15) is 9.90 Å². The number of carbonyl (C=O) groups excluding carboxylic acids is 1. The van der Waals surface area contributed by atoms with Crippen LogP contribution >= 0.6 is 12.6 Å². The summed E-state index contributed by atoms with van der Waals surface area (Å²) < 4.78 is 4.38. The van der Waals surface area contributed by atoms with Crippen molar-refractivity contribution in [1.82, 2.24) is 5.32 Å². The summed E-state index contributed by atoms with van der Waals surface area (Å²) in [5, 5.41) is 30.3. The largest absolute Gasteiger partial charge is 0.503 e. The fourth-order valence-electron chi connectivity index (χ4n) is 0.988. The lowest BCUT2D eigenvalue weighted by Crippen LogP contribution is -2.43. The molecule has 1 aliphatic heterocycles. The summed E-state index contributed by atoms with van der Waals surface area (Å²) in [6.45, 7) is 0.270. The van der Waals surface area contributed by atoms with Gasteiger partial charge in [0, 0.05) is 12.3 Å². The normalized spacial score (nSPS) is 26.9. The fourth-order valence-corrected chi connectivity index (χ4v) is 1.15. The lowest BCUT2D eigenvalue weighted by atomic mass is 10.2. The molecule has 0 bridgehead atoms. The van der Waals surface area contributed by atoms with Gasteiger partial charge in [0.1, 0.15) is 0 Å². The quantitative estimate of drug-likeness (QED) is 0.239. The van der Waals surface area contributed by atoms with E-state index in [0.29, 0.717) is 12.3 Å². The van der Waals surface area contributed by atoms with E-state index in [1.807, 2.05) is 0 Å². The highest BCUT2D eigenvalue weighted by Gasteiger charge is 2.47. The Kier molecular flexibility index (Phi) is 3.25. The van der Waals surface area contributed by atoms with Crippen molar-refractivity contribution in [1.29, 1.82) is 0 Å². The molecule has 0 saturated carbocycles. The third-order valence-corrected chi connectivity index (χ3v) is 1.93. The number of nitrogens with one attached hydrogen (secondary N) is 1. The number of cyclic esters (lactones) is 1. The van der Waals surface area contributed by atoms with Gasteiger partial charge in [-0.3, -0.25) is 0 Å². The molecule has 0 fully saturated rings. The minimum Gasteiger partial charge on any atom is -0.503 e. The maximum Gasteiger partial charge on any atom is 0.380 e. The Morgan fingerprint density at radius 1 is 1.50 bits per heavy atom. The van der Waals surface area contributed by atoms with E-state index in [-0.39, 0.29) is 6.54 Å². The van der Waals surface area contributed by atoms with Crippen LogP contribution in [0.3, 0.4) is 0 Å². The summed E-state index contributed by atoms with van der Waals surface area (Å²) in [4.78, 5) is 10.7. The van der Waals surface area contributed by atoms with Crippen molar-refractivity contribution in [3.8, 4) is 0 Å². The molecule has 0 spiro atoms. The number of aliphatic hydroxyl groups is 3. The lowest BCUT2D eigenvalue weighted by Gasteiger charge is -2.20. The molecule has 4 N–H and O–H groups in total. The van der Waals surface area contributed by atoms with E-state index >= 15 is 0 Å². The van der Waals surface area contributed by atoms with Gasteiger partial charge in [-0.15, -0.1) is 0 Å². The van der Waals surface area contributed by atoms with Crippen LogP contribution in [0.5, 0.6) is 0 Å². The molecule has 0 aliphatic carbocycles. The van der Waals surface area contributed by atoms with Gasteiger partial charge in [-0.2, -0.15) is 12.6 Å². The minimum absolute atomic E-state index is 0.199. The van der Waals surface area contributed by atoms with E-state index in [1.54, 1.807) is 0 Å². The number of hydrogen-bond donors (Lipinski definition) is 5. The van der Waals surface area contributed by atoms with Gasteiger partial charge in [0.25, 0.3) is 5.79 Å². The molecule has 0 amide bonds. The maximum atomic E-state index is 10.7. The summed E-state index contributed by atoms with van der Waals surface area (Å²) in [7, 11) is 0. The molecule has 6 nitrogen and oxygen atoms in total. The smallest absolute Gasteiger partial charge is 0.380 e.